The van der Waals surface area contributed by atoms with Crippen LogP contribution in [-0.2, 0) is 9.53 Å². The number of halogens is 3. The fourth-order valence-electron chi connectivity index (χ4n) is 2.37. The minimum Gasteiger partial charge on any atom is -0.380 e. The fraction of sp³-hybridized carbons (Fsp3) is 0.917. The summed E-state index contributed by atoms with van der Waals surface area (Å²) in [5.41, 5.74) is 5.39. The van der Waals surface area contributed by atoms with Crippen molar-refractivity contribution < 1.29 is 22.7 Å². The predicted molar refractivity (Wildman–Crippen MR) is 64.4 cm³/mol. The van der Waals surface area contributed by atoms with E-state index in [0.29, 0.717) is 12.8 Å². The number of hydrogen-bond donors (Lipinski definition) is 2. The molecule has 0 heterocycles. The lowest BCUT2D eigenvalue weighted by Gasteiger charge is -2.31. The van der Waals surface area contributed by atoms with Crippen molar-refractivity contribution in [1.82, 2.24) is 5.32 Å². The van der Waals surface area contributed by atoms with E-state index in [1.165, 1.54) is 7.11 Å². The van der Waals surface area contributed by atoms with Crippen LogP contribution in [0.2, 0.25) is 0 Å². The molecule has 19 heavy (non-hydrogen) atoms. The van der Waals surface area contributed by atoms with Crippen LogP contribution in [-0.4, -0.2) is 37.9 Å². The van der Waals surface area contributed by atoms with Gasteiger partial charge in [0.15, 0.2) is 0 Å². The first-order chi connectivity index (χ1) is 8.86. The van der Waals surface area contributed by atoms with Crippen LogP contribution in [0.15, 0.2) is 0 Å². The standard InChI is InChI=1S/C12H21F3N2O2/c1-19-10(7-16)6-11(18)17-9-4-2-3-8(5-9)12(13,14)15/h8-10H,2-7,16H2,1H3,(H,17,18). The van der Waals surface area contributed by atoms with Crippen LogP contribution in [0.3, 0.4) is 0 Å². The second-order valence-electron chi connectivity index (χ2n) is 4.97. The predicted octanol–water partition coefficient (Wildman–Crippen LogP) is 1.59. The molecule has 1 fully saturated rings. The minimum atomic E-state index is -4.17. The number of nitrogens with two attached hydrogens (primary N) is 1. The average molecular weight is 282 g/mol. The summed E-state index contributed by atoms with van der Waals surface area (Å²) in [6.45, 7) is 0.208. The van der Waals surface area contributed by atoms with Crippen LogP contribution in [0.1, 0.15) is 32.1 Å². The first-order valence-electron chi connectivity index (χ1n) is 6.45. The number of alkyl halides is 3. The number of methoxy groups -OCH3 is 1. The van der Waals surface area contributed by atoms with Crippen LogP contribution in [0.5, 0.6) is 0 Å². The average Bonchev–Trinajstić information content (AvgIpc) is 2.35. The van der Waals surface area contributed by atoms with Crippen molar-refractivity contribution in [2.75, 3.05) is 13.7 Å². The van der Waals surface area contributed by atoms with Crippen molar-refractivity contribution >= 4 is 5.91 Å². The quantitative estimate of drug-likeness (QED) is 0.805. The van der Waals surface area contributed by atoms with Crippen molar-refractivity contribution in [2.24, 2.45) is 11.7 Å². The number of carbonyl (C=O) groups excluding carboxylic acids is 1. The van der Waals surface area contributed by atoms with Gasteiger partial charge in [-0.2, -0.15) is 13.2 Å². The molecule has 0 aromatic rings. The zero-order valence-corrected chi connectivity index (χ0v) is 11.0. The molecule has 0 bridgehead atoms. The Labute approximate surface area is 110 Å². The number of ether oxygens (including phenoxy) is 1. The summed E-state index contributed by atoms with van der Waals surface area (Å²) in [5.74, 6) is -1.61. The molecule has 3 unspecified atom stereocenters. The Morgan fingerprint density at radius 1 is 1.47 bits per heavy atom. The molecule has 7 heteroatoms. The van der Waals surface area contributed by atoms with E-state index in [9.17, 15) is 18.0 Å². The molecule has 1 saturated carbocycles. The van der Waals surface area contributed by atoms with Gasteiger partial charge in [-0.05, 0) is 19.3 Å². The molecule has 3 atom stereocenters. The largest absolute Gasteiger partial charge is 0.391 e. The maximum Gasteiger partial charge on any atom is 0.391 e. The summed E-state index contributed by atoms with van der Waals surface area (Å²) < 4.78 is 42.8. The van der Waals surface area contributed by atoms with Crippen LogP contribution in [0.4, 0.5) is 13.2 Å². The van der Waals surface area contributed by atoms with E-state index in [1.807, 2.05) is 0 Å². The monoisotopic (exact) mass is 282 g/mol. The van der Waals surface area contributed by atoms with Gasteiger partial charge in [0, 0.05) is 19.7 Å². The Bertz CT molecular complexity index is 293. The molecular weight excluding hydrogens is 261 g/mol. The minimum absolute atomic E-state index is 0.0322. The molecule has 1 aliphatic rings. The summed E-state index contributed by atoms with van der Waals surface area (Å²) >= 11 is 0. The second kappa shape index (κ2) is 7.09. The lowest BCUT2D eigenvalue weighted by molar-refractivity contribution is -0.184. The van der Waals surface area contributed by atoms with Gasteiger partial charge in [-0.1, -0.05) is 6.42 Å². The van der Waals surface area contributed by atoms with E-state index in [0.717, 1.165) is 0 Å². The fourth-order valence-corrected chi connectivity index (χ4v) is 2.37. The van der Waals surface area contributed by atoms with Gasteiger partial charge in [-0.3, -0.25) is 4.79 Å². The van der Waals surface area contributed by atoms with Crippen LogP contribution < -0.4 is 11.1 Å². The third-order valence-electron chi connectivity index (χ3n) is 3.51. The van der Waals surface area contributed by atoms with Gasteiger partial charge >= 0.3 is 6.18 Å². The van der Waals surface area contributed by atoms with E-state index in [1.54, 1.807) is 0 Å². The molecule has 4 nitrogen and oxygen atoms in total. The highest BCUT2D eigenvalue weighted by Gasteiger charge is 2.42. The topological polar surface area (TPSA) is 64.3 Å². The molecule has 1 rings (SSSR count). The van der Waals surface area contributed by atoms with Crippen molar-refractivity contribution in [1.29, 1.82) is 0 Å². The third-order valence-corrected chi connectivity index (χ3v) is 3.51. The molecule has 0 aromatic carbocycles. The van der Waals surface area contributed by atoms with E-state index in [4.69, 9.17) is 10.5 Å². The zero-order valence-electron chi connectivity index (χ0n) is 11.0. The number of rotatable bonds is 5. The molecule has 1 aliphatic carbocycles. The maximum atomic E-state index is 12.6. The van der Waals surface area contributed by atoms with Gasteiger partial charge in [-0.15, -0.1) is 0 Å². The smallest absolute Gasteiger partial charge is 0.380 e. The molecule has 0 radical (unpaired) electrons. The van der Waals surface area contributed by atoms with E-state index in [-0.39, 0.29) is 37.8 Å². The summed E-state index contributed by atoms with van der Waals surface area (Å²) in [5, 5.41) is 2.65. The Hall–Kier alpha value is -0.820. The SMILES string of the molecule is COC(CN)CC(=O)NC1CCCC(C(F)(F)F)C1. The maximum absolute atomic E-state index is 12.6. The van der Waals surface area contributed by atoms with Gasteiger partial charge < -0.3 is 15.8 Å². The molecule has 1 amide bonds. The van der Waals surface area contributed by atoms with Crippen LogP contribution in [0.25, 0.3) is 0 Å². The first kappa shape index (κ1) is 16.2. The Kier molecular flexibility index (Phi) is 6.06. The summed E-state index contributed by atoms with van der Waals surface area (Å²) in [6, 6.07) is -0.400. The van der Waals surface area contributed by atoms with Gasteiger partial charge in [0.1, 0.15) is 0 Å². The van der Waals surface area contributed by atoms with Crippen LogP contribution >= 0.6 is 0 Å². The van der Waals surface area contributed by atoms with Crippen molar-refractivity contribution in [2.45, 2.75) is 50.4 Å². The van der Waals surface area contributed by atoms with Gasteiger partial charge in [0.2, 0.25) is 5.91 Å². The first-order valence-corrected chi connectivity index (χ1v) is 6.45. The van der Waals surface area contributed by atoms with E-state index < -0.39 is 18.1 Å². The number of hydrogen-bond acceptors (Lipinski definition) is 3. The van der Waals surface area contributed by atoms with Crippen LogP contribution in [0, 0.1) is 5.92 Å². The van der Waals surface area contributed by atoms with Crippen molar-refractivity contribution in [3.8, 4) is 0 Å². The van der Waals surface area contributed by atoms with Gasteiger partial charge in [0.05, 0.1) is 18.4 Å². The number of carbonyl (C=O) groups is 1. The molecule has 3 N–H and O–H groups in total. The lowest BCUT2D eigenvalue weighted by atomic mass is 9.85. The van der Waals surface area contributed by atoms with Gasteiger partial charge in [-0.25, -0.2) is 0 Å². The summed E-state index contributed by atoms with van der Waals surface area (Å²) in [7, 11) is 1.45. The Morgan fingerprint density at radius 3 is 2.68 bits per heavy atom. The highest BCUT2D eigenvalue weighted by Crippen LogP contribution is 2.37. The molecule has 0 spiro atoms. The normalized spacial score (nSPS) is 25.9. The molecule has 0 aliphatic heterocycles. The molecule has 112 valence electrons. The molecule has 0 saturated heterocycles. The van der Waals surface area contributed by atoms with Gasteiger partial charge in [0.25, 0.3) is 0 Å². The highest BCUT2D eigenvalue weighted by atomic mass is 19.4. The second-order valence-corrected chi connectivity index (χ2v) is 4.97. The number of nitrogens with one attached hydrogen (secondary N) is 1. The summed E-state index contributed by atoms with van der Waals surface area (Å²) in [4.78, 5) is 11.7. The van der Waals surface area contributed by atoms with Crippen molar-refractivity contribution in [3.05, 3.63) is 0 Å². The lowest BCUT2D eigenvalue weighted by Crippen LogP contribution is -2.43. The van der Waals surface area contributed by atoms with E-state index >= 15 is 0 Å². The number of amides is 1. The highest BCUT2D eigenvalue weighted by molar-refractivity contribution is 5.76. The molecule has 0 aromatic heterocycles. The summed E-state index contributed by atoms with van der Waals surface area (Å²) in [6.07, 6.45) is -3.27. The Balaban J connectivity index is 2.42. The third kappa shape index (κ3) is 5.36. The molecular formula is C12H21F3N2O2. The zero-order chi connectivity index (χ0) is 14.5. The van der Waals surface area contributed by atoms with E-state index in [2.05, 4.69) is 5.32 Å². The Morgan fingerprint density at radius 2 is 2.16 bits per heavy atom. The van der Waals surface area contributed by atoms with Crippen molar-refractivity contribution in [3.63, 3.8) is 0 Å².